The van der Waals surface area contributed by atoms with E-state index in [1.165, 1.54) is 43.1 Å². The number of ether oxygens (including phenoxy) is 3. The molecule has 3 aromatic rings. The Hall–Kier alpha value is -3.83. The molecule has 1 fully saturated rings. The van der Waals surface area contributed by atoms with Gasteiger partial charge in [-0.3, -0.25) is 9.59 Å². The number of rotatable bonds is 9. The average Bonchev–Trinajstić information content (AvgIpc) is 3.24. The van der Waals surface area contributed by atoms with Crippen LogP contribution in [-0.4, -0.2) is 37.3 Å². The van der Waals surface area contributed by atoms with Gasteiger partial charge in [-0.1, -0.05) is 15.9 Å². The lowest BCUT2D eigenvalue weighted by atomic mass is 10.2. The summed E-state index contributed by atoms with van der Waals surface area (Å²) in [4.78, 5) is 29.7. The minimum atomic E-state index is -0.417. The first-order chi connectivity index (χ1) is 18.3. The molecule has 38 heavy (non-hydrogen) atoms. The highest BCUT2D eigenvalue weighted by Gasteiger charge is 2.24. The minimum absolute atomic E-state index is 0.275. The van der Waals surface area contributed by atoms with Crippen molar-refractivity contribution >= 4 is 62.1 Å². The second kappa shape index (κ2) is 12.6. The largest absolute Gasteiger partial charge is 0.494 e. The molecule has 4 rings (SSSR count). The number of hydrogen-bond acceptors (Lipinski definition) is 7. The fourth-order valence-corrected chi connectivity index (χ4v) is 4.60. The van der Waals surface area contributed by atoms with E-state index in [0.29, 0.717) is 49.6 Å². The zero-order valence-electron chi connectivity index (χ0n) is 20.4. The minimum Gasteiger partial charge on any atom is -0.494 e. The van der Waals surface area contributed by atoms with E-state index in [0.717, 1.165) is 5.75 Å². The third-order valence-electron chi connectivity index (χ3n) is 5.09. The Morgan fingerprint density at radius 3 is 2.53 bits per heavy atom. The number of carbonyl (C=O) groups excluding carboxylic acids is 2. The molecule has 11 heteroatoms. The number of benzene rings is 3. The van der Waals surface area contributed by atoms with Gasteiger partial charge in [-0.25, -0.2) is 9.38 Å². The van der Waals surface area contributed by atoms with Gasteiger partial charge in [-0.05, 0) is 91.0 Å². The van der Waals surface area contributed by atoms with Gasteiger partial charge in [0, 0.05) is 10.2 Å². The van der Waals surface area contributed by atoms with E-state index in [1.807, 2.05) is 31.2 Å². The third-order valence-corrected chi connectivity index (χ3v) is 6.68. The number of nitrogens with one attached hydrogen (secondary N) is 2. The quantitative estimate of drug-likeness (QED) is 0.297. The van der Waals surface area contributed by atoms with Crippen LogP contribution in [0, 0.1) is 5.82 Å². The molecule has 0 bridgehead atoms. The molecule has 0 radical (unpaired) electrons. The maximum Gasteiger partial charge on any atom is 0.264 e. The van der Waals surface area contributed by atoms with Crippen molar-refractivity contribution in [1.29, 1.82) is 0 Å². The first kappa shape index (κ1) is 27.2. The van der Waals surface area contributed by atoms with Crippen LogP contribution in [-0.2, 0) is 9.59 Å². The molecular formula is C27H23BrFN3O5S. The van der Waals surface area contributed by atoms with Crippen molar-refractivity contribution < 1.29 is 28.2 Å². The second-order valence-corrected chi connectivity index (χ2v) is 9.66. The van der Waals surface area contributed by atoms with Crippen LogP contribution in [0.3, 0.4) is 0 Å². The SMILES string of the molecule is CCOc1ccc(N=C2NC(=O)/C(=C\c3cc(OC)c(OCC(=O)Nc4ccc(F)cc4)cc3Br)S2)cc1. The van der Waals surface area contributed by atoms with Crippen LogP contribution in [0.2, 0.25) is 0 Å². The number of carbonyl (C=O) groups is 2. The van der Waals surface area contributed by atoms with E-state index < -0.39 is 11.7 Å². The number of halogens is 2. The number of nitrogens with zero attached hydrogens (tertiary/aromatic N) is 1. The zero-order valence-corrected chi connectivity index (χ0v) is 22.8. The van der Waals surface area contributed by atoms with E-state index in [2.05, 4.69) is 31.6 Å². The monoisotopic (exact) mass is 599 g/mol. The maximum absolute atomic E-state index is 13.0. The summed E-state index contributed by atoms with van der Waals surface area (Å²) in [6.07, 6.45) is 1.71. The molecule has 0 spiro atoms. The number of thioether (sulfide) groups is 1. The molecule has 0 unspecified atom stereocenters. The van der Waals surface area contributed by atoms with Gasteiger partial charge < -0.3 is 24.8 Å². The zero-order chi connectivity index (χ0) is 27.1. The van der Waals surface area contributed by atoms with Gasteiger partial charge in [0.1, 0.15) is 11.6 Å². The van der Waals surface area contributed by atoms with Crippen LogP contribution in [0.15, 0.2) is 75.0 Å². The Balaban J connectivity index is 1.44. The first-order valence-electron chi connectivity index (χ1n) is 11.4. The summed E-state index contributed by atoms with van der Waals surface area (Å²) in [5.41, 5.74) is 1.81. The fourth-order valence-electron chi connectivity index (χ4n) is 3.33. The van der Waals surface area contributed by atoms with Crippen LogP contribution < -0.4 is 24.8 Å². The van der Waals surface area contributed by atoms with E-state index in [1.54, 1.807) is 18.2 Å². The molecule has 1 aliphatic rings. The molecular weight excluding hydrogens is 577 g/mol. The van der Waals surface area contributed by atoms with Crippen molar-refractivity contribution in [2.75, 3.05) is 25.6 Å². The van der Waals surface area contributed by atoms with Crippen molar-refractivity contribution in [3.8, 4) is 17.2 Å². The summed E-state index contributed by atoms with van der Waals surface area (Å²) >= 11 is 4.71. The van der Waals surface area contributed by atoms with Crippen molar-refractivity contribution in [2.45, 2.75) is 6.92 Å². The van der Waals surface area contributed by atoms with Gasteiger partial charge in [0.25, 0.3) is 11.8 Å². The lowest BCUT2D eigenvalue weighted by Gasteiger charge is -2.13. The van der Waals surface area contributed by atoms with E-state index in [4.69, 9.17) is 14.2 Å². The molecule has 1 heterocycles. The van der Waals surface area contributed by atoms with Crippen LogP contribution in [0.25, 0.3) is 6.08 Å². The van der Waals surface area contributed by atoms with Gasteiger partial charge in [0.2, 0.25) is 0 Å². The number of amidine groups is 1. The highest BCUT2D eigenvalue weighted by molar-refractivity contribution is 9.10. The molecule has 0 aromatic heterocycles. The van der Waals surface area contributed by atoms with Crippen molar-refractivity contribution in [2.24, 2.45) is 4.99 Å². The van der Waals surface area contributed by atoms with Crippen LogP contribution in [0.1, 0.15) is 12.5 Å². The van der Waals surface area contributed by atoms with Crippen LogP contribution in [0.4, 0.5) is 15.8 Å². The molecule has 8 nitrogen and oxygen atoms in total. The molecule has 1 saturated heterocycles. The predicted octanol–water partition coefficient (Wildman–Crippen LogP) is 5.90. The summed E-state index contributed by atoms with van der Waals surface area (Å²) in [5.74, 6) is 0.370. The fraction of sp³-hybridized carbons (Fsp3) is 0.148. The Labute approximate surface area is 231 Å². The molecule has 0 saturated carbocycles. The van der Waals surface area contributed by atoms with Crippen LogP contribution >= 0.6 is 27.7 Å². The molecule has 2 N–H and O–H groups in total. The Bertz CT molecular complexity index is 1400. The summed E-state index contributed by atoms with van der Waals surface area (Å²) in [5, 5.41) is 5.85. The van der Waals surface area contributed by atoms with Gasteiger partial charge in [-0.15, -0.1) is 0 Å². The summed E-state index contributed by atoms with van der Waals surface area (Å²) < 4.78 is 30.2. The van der Waals surface area contributed by atoms with Crippen molar-refractivity contribution in [1.82, 2.24) is 5.32 Å². The topological polar surface area (TPSA) is 98.2 Å². The lowest BCUT2D eigenvalue weighted by Crippen LogP contribution is -2.20. The van der Waals surface area contributed by atoms with Gasteiger partial charge in [-0.2, -0.15) is 0 Å². The third kappa shape index (κ3) is 7.14. The molecule has 1 aliphatic heterocycles. The highest BCUT2D eigenvalue weighted by Crippen LogP contribution is 2.37. The molecule has 0 aliphatic carbocycles. The molecule has 2 amide bonds. The summed E-state index contributed by atoms with van der Waals surface area (Å²) in [6.45, 7) is 2.20. The number of aliphatic imine (C=N–C) groups is 1. The second-order valence-electron chi connectivity index (χ2n) is 7.78. The lowest BCUT2D eigenvalue weighted by molar-refractivity contribution is -0.118. The molecule has 3 aromatic carbocycles. The maximum atomic E-state index is 13.0. The normalized spacial score (nSPS) is 14.9. The predicted molar refractivity (Wildman–Crippen MR) is 150 cm³/mol. The number of anilines is 1. The van der Waals surface area contributed by atoms with Crippen molar-refractivity contribution in [3.63, 3.8) is 0 Å². The Morgan fingerprint density at radius 2 is 1.84 bits per heavy atom. The summed E-state index contributed by atoms with van der Waals surface area (Å²) in [7, 11) is 1.48. The molecule has 0 atom stereocenters. The molecule has 196 valence electrons. The van der Waals surface area contributed by atoms with Crippen molar-refractivity contribution in [3.05, 3.63) is 81.4 Å². The van der Waals surface area contributed by atoms with Gasteiger partial charge >= 0.3 is 0 Å². The van der Waals surface area contributed by atoms with E-state index >= 15 is 0 Å². The number of methoxy groups -OCH3 is 1. The Kier molecular flexibility index (Phi) is 9.03. The smallest absolute Gasteiger partial charge is 0.264 e. The first-order valence-corrected chi connectivity index (χ1v) is 13.0. The van der Waals surface area contributed by atoms with E-state index in [-0.39, 0.29) is 12.5 Å². The van der Waals surface area contributed by atoms with Gasteiger partial charge in [0.15, 0.2) is 23.3 Å². The summed E-state index contributed by atoms with van der Waals surface area (Å²) in [6, 6.07) is 16.0. The number of amides is 2. The Morgan fingerprint density at radius 1 is 1.11 bits per heavy atom. The van der Waals surface area contributed by atoms with Gasteiger partial charge in [0.05, 0.1) is 24.3 Å². The standard InChI is InChI=1S/C27H23BrFN3O5S/c1-3-36-20-10-8-19(9-11-20)31-27-32-26(34)24(38-27)13-16-12-22(35-2)23(14-21(16)28)37-15-25(33)30-18-6-4-17(29)5-7-18/h4-14H,3,15H2,1-2H3,(H,30,33)(H,31,32,34)/b24-13+. The van der Waals surface area contributed by atoms with E-state index in [9.17, 15) is 14.0 Å². The number of hydrogen-bond donors (Lipinski definition) is 2. The van der Waals surface area contributed by atoms with Crippen LogP contribution in [0.5, 0.6) is 17.2 Å². The highest BCUT2D eigenvalue weighted by atomic mass is 79.9. The average molecular weight is 600 g/mol.